The maximum absolute atomic E-state index is 12.1. The highest BCUT2D eigenvalue weighted by atomic mass is 32.2. The fourth-order valence-electron chi connectivity index (χ4n) is 2.44. The minimum atomic E-state index is 0.0222. The minimum Gasteiger partial charge on any atom is -0.353 e. The average molecular weight is 340 g/mol. The number of thioether (sulfide) groups is 1. The van der Waals surface area contributed by atoms with Gasteiger partial charge < -0.3 is 10.3 Å². The first-order valence-corrected chi connectivity index (χ1v) is 8.96. The van der Waals surface area contributed by atoms with Crippen molar-refractivity contribution in [3.63, 3.8) is 0 Å². The summed E-state index contributed by atoms with van der Waals surface area (Å²) in [5.41, 5.74) is 2.86. The third-order valence-corrected chi connectivity index (χ3v) is 4.57. The van der Waals surface area contributed by atoms with Crippen molar-refractivity contribution < 1.29 is 4.79 Å². The Morgan fingerprint density at radius 3 is 2.88 bits per heavy atom. The molecule has 2 N–H and O–H groups in total. The van der Waals surface area contributed by atoms with Gasteiger partial charge >= 0.3 is 0 Å². The number of nitrogens with one attached hydrogen (secondary N) is 2. The van der Waals surface area contributed by atoms with E-state index >= 15 is 0 Å². The van der Waals surface area contributed by atoms with Crippen LogP contribution >= 0.6 is 11.8 Å². The highest BCUT2D eigenvalue weighted by Gasteiger charge is 2.10. The summed E-state index contributed by atoms with van der Waals surface area (Å²) in [6.07, 6.45) is 3.60. The van der Waals surface area contributed by atoms with Crippen molar-refractivity contribution in [1.29, 1.82) is 0 Å². The van der Waals surface area contributed by atoms with Crippen molar-refractivity contribution in [3.05, 3.63) is 54.2 Å². The van der Waals surface area contributed by atoms with Gasteiger partial charge in [-0.3, -0.25) is 4.79 Å². The molecule has 1 unspecified atom stereocenters. The van der Waals surface area contributed by atoms with Gasteiger partial charge in [-0.1, -0.05) is 42.1 Å². The zero-order valence-electron chi connectivity index (χ0n) is 13.5. The number of aryl methyl sites for hydroxylation is 1. The second-order valence-electron chi connectivity index (χ2n) is 5.70. The molecule has 0 radical (unpaired) electrons. The van der Waals surface area contributed by atoms with Crippen molar-refractivity contribution >= 4 is 28.8 Å². The van der Waals surface area contributed by atoms with Crippen molar-refractivity contribution in [2.45, 2.75) is 31.0 Å². The summed E-state index contributed by atoms with van der Waals surface area (Å²) in [5, 5.41) is 3.76. The number of fused-ring (bicyclic) bond motifs is 1. The molecule has 2 heterocycles. The molecule has 124 valence electrons. The number of H-pyrrole nitrogens is 1. The molecule has 0 aliphatic heterocycles. The van der Waals surface area contributed by atoms with Crippen molar-refractivity contribution in [2.24, 2.45) is 0 Å². The number of hydrogen-bond acceptors (Lipinski definition) is 4. The molecule has 24 heavy (non-hydrogen) atoms. The van der Waals surface area contributed by atoms with E-state index < -0.39 is 0 Å². The number of carbonyl (C=O) groups excluding carboxylic acids is 1. The number of carbonyl (C=O) groups is 1. The van der Waals surface area contributed by atoms with Crippen molar-refractivity contribution in [1.82, 2.24) is 20.3 Å². The third-order valence-electron chi connectivity index (χ3n) is 3.69. The summed E-state index contributed by atoms with van der Waals surface area (Å²) in [6.45, 7) is 2.04. The van der Waals surface area contributed by atoms with E-state index in [1.807, 2.05) is 37.3 Å². The molecule has 1 atom stereocenters. The maximum Gasteiger partial charge on any atom is 0.230 e. The third kappa shape index (κ3) is 4.58. The molecule has 0 saturated carbocycles. The Hall–Kier alpha value is -2.34. The lowest BCUT2D eigenvalue weighted by Gasteiger charge is -2.13. The van der Waals surface area contributed by atoms with Gasteiger partial charge in [0.1, 0.15) is 0 Å². The first kappa shape index (κ1) is 16.5. The summed E-state index contributed by atoms with van der Waals surface area (Å²) >= 11 is 1.39. The van der Waals surface area contributed by atoms with Crippen LogP contribution in [0.4, 0.5) is 0 Å². The Morgan fingerprint density at radius 1 is 1.25 bits per heavy atom. The first-order chi connectivity index (χ1) is 11.7. The Labute approximate surface area is 145 Å². The molecule has 0 spiro atoms. The van der Waals surface area contributed by atoms with E-state index in [2.05, 4.69) is 32.4 Å². The maximum atomic E-state index is 12.1. The summed E-state index contributed by atoms with van der Waals surface area (Å²) in [4.78, 5) is 23.8. The number of hydrogen-bond donors (Lipinski definition) is 2. The second-order valence-corrected chi connectivity index (χ2v) is 6.66. The highest BCUT2D eigenvalue weighted by Crippen LogP contribution is 2.17. The van der Waals surface area contributed by atoms with Crippen LogP contribution in [0.5, 0.6) is 0 Å². The van der Waals surface area contributed by atoms with E-state index in [-0.39, 0.29) is 11.9 Å². The van der Waals surface area contributed by atoms with E-state index in [0.717, 1.165) is 23.5 Å². The number of rotatable bonds is 7. The molecule has 1 amide bonds. The SMILES string of the molecule is CC(CCc1ccccc1)NC(=O)CSc1nc2ncccc2[nH]1. The summed E-state index contributed by atoms with van der Waals surface area (Å²) in [5.74, 6) is 0.365. The molecule has 0 fully saturated rings. The minimum absolute atomic E-state index is 0.0222. The summed E-state index contributed by atoms with van der Waals surface area (Å²) < 4.78 is 0. The quantitative estimate of drug-likeness (QED) is 0.648. The number of aromatic nitrogens is 3. The van der Waals surface area contributed by atoms with Crippen molar-refractivity contribution in [2.75, 3.05) is 5.75 Å². The molecule has 1 aromatic carbocycles. The van der Waals surface area contributed by atoms with E-state index in [1.54, 1.807) is 6.20 Å². The van der Waals surface area contributed by atoms with Crippen LogP contribution in [-0.4, -0.2) is 32.7 Å². The van der Waals surface area contributed by atoms with Crippen LogP contribution in [0.15, 0.2) is 53.8 Å². The molecule has 3 rings (SSSR count). The number of nitrogens with zero attached hydrogens (tertiary/aromatic N) is 2. The van der Waals surface area contributed by atoms with Gasteiger partial charge in [0.15, 0.2) is 10.8 Å². The van der Waals surface area contributed by atoms with Gasteiger partial charge in [-0.05, 0) is 37.5 Å². The second kappa shape index (κ2) is 7.97. The van der Waals surface area contributed by atoms with Crippen LogP contribution in [0, 0.1) is 0 Å². The van der Waals surface area contributed by atoms with Gasteiger partial charge in [0.25, 0.3) is 0 Å². The Balaban J connectivity index is 1.43. The topological polar surface area (TPSA) is 70.7 Å². The van der Waals surface area contributed by atoms with Gasteiger partial charge in [-0.25, -0.2) is 9.97 Å². The van der Waals surface area contributed by atoms with Crippen LogP contribution in [0.25, 0.3) is 11.2 Å². The molecule has 0 bridgehead atoms. The van der Waals surface area contributed by atoms with Gasteiger partial charge in [0.2, 0.25) is 5.91 Å². The van der Waals surface area contributed by atoms with Gasteiger partial charge in [0.05, 0.1) is 11.3 Å². The molecule has 0 saturated heterocycles. The highest BCUT2D eigenvalue weighted by molar-refractivity contribution is 7.99. The first-order valence-electron chi connectivity index (χ1n) is 7.97. The van der Waals surface area contributed by atoms with Gasteiger partial charge in [-0.15, -0.1) is 0 Å². The molecule has 5 nitrogen and oxygen atoms in total. The number of pyridine rings is 1. The largest absolute Gasteiger partial charge is 0.353 e. The monoisotopic (exact) mass is 340 g/mol. The lowest BCUT2D eigenvalue weighted by atomic mass is 10.1. The molecule has 0 aliphatic carbocycles. The fraction of sp³-hybridized carbons (Fsp3) is 0.278. The lowest BCUT2D eigenvalue weighted by molar-refractivity contribution is -0.119. The van der Waals surface area contributed by atoms with Crippen LogP contribution in [0.1, 0.15) is 18.9 Å². The van der Waals surface area contributed by atoms with Crippen LogP contribution in [-0.2, 0) is 11.2 Å². The summed E-state index contributed by atoms with van der Waals surface area (Å²) in [7, 11) is 0. The predicted molar refractivity (Wildman–Crippen MR) is 97.0 cm³/mol. The van der Waals surface area contributed by atoms with E-state index in [1.165, 1.54) is 17.3 Å². The molecular formula is C18H20N4OS. The molecular weight excluding hydrogens is 320 g/mol. The summed E-state index contributed by atoms with van der Waals surface area (Å²) in [6, 6.07) is 14.2. The number of aromatic amines is 1. The van der Waals surface area contributed by atoms with E-state index in [9.17, 15) is 4.79 Å². The Morgan fingerprint density at radius 2 is 2.08 bits per heavy atom. The van der Waals surface area contributed by atoms with Crippen LogP contribution in [0.3, 0.4) is 0 Å². The molecule has 6 heteroatoms. The predicted octanol–water partition coefficient (Wildman–Crippen LogP) is 3.19. The number of amides is 1. The number of benzene rings is 1. The standard InChI is InChI=1S/C18H20N4OS/c1-13(9-10-14-6-3-2-4-7-14)20-16(23)12-24-18-21-15-8-5-11-19-17(15)22-18/h2-8,11,13H,9-10,12H2,1H3,(H,20,23)(H,19,21,22). The molecule has 3 aromatic rings. The smallest absolute Gasteiger partial charge is 0.230 e. The van der Waals surface area contributed by atoms with Crippen LogP contribution in [0.2, 0.25) is 0 Å². The normalized spacial score (nSPS) is 12.2. The molecule has 2 aromatic heterocycles. The van der Waals surface area contributed by atoms with E-state index in [0.29, 0.717) is 11.4 Å². The van der Waals surface area contributed by atoms with Gasteiger partial charge in [0, 0.05) is 12.2 Å². The number of imidazole rings is 1. The lowest BCUT2D eigenvalue weighted by Crippen LogP contribution is -2.34. The zero-order valence-corrected chi connectivity index (χ0v) is 14.3. The zero-order chi connectivity index (χ0) is 16.8. The van der Waals surface area contributed by atoms with Crippen LogP contribution < -0.4 is 5.32 Å². The van der Waals surface area contributed by atoms with Crippen molar-refractivity contribution in [3.8, 4) is 0 Å². The molecule has 0 aliphatic rings. The Kier molecular flexibility index (Phi) is 5.48. The van der Waals surface area contributed by atoms with E-state index in [4.69, 9.17) is 0 Å². The average Bonchev–Trinajstić information content (AvgIpc) is 3.02. The Bertz CT molecular complexity index is 770. The van der Waals surface area contributed by atoms with Gasteiger partial charge in [-0.2, -0.15) is 0 Å². The fourth-order valence-corrected chi connectivity index (χ4v) is 3.13.